The number of carbonyl (C=O) groups is 4. The van der Waals surface area contributed by atoms with Gasteiger partial charge in [-0.15, -0.1) is 0 Å². The Morgan fingerprint density at radius 2 is 0.778 bits per heavy atom. The lowest BCUT2D eigenvalue weighted by Gasteiger charge is -2.06. The number of esters is 2. The third kappa shape index (κ3) is 8.99. The summed E-state index contributed by atoms with van der Waals surface area (Å²) in [7, 11) is 0. The van der Waals surface area contributed by atoms with Gasteiger partial charge in [0.2, 0.25) is 0 Å². The number of hydrogen-bond acceptors (Lipinski definition) is 6. The fourth-order valence-electron chi connectivity index (χ4n) is 5.61. The highest BCUT2D eigenvalue weighted by atomic mass is 16.5. The van der Waals surface area contributed by atoms with Gasteiger partial charge in [0, 0.05) is 11.8 Å². The molecule has 6 heteroatoms. The molecule has 0 spiro atoms. The van der Waals surface area contributed by atoms with E-state index in [9.17, 15) is 19.2 Å². The van der Waals surface area contributed by atoms with Gasteiger partial charge in [0.1, 0.15) is 12.6 Å². The molecule has 36 heavy (non-hydrogen) atoms. The Hall–Kier alpha value is -1.72. The Morgan fingerprint density at radius 3 is 1.00 bits per heavy atom. The van der Waals surface area contributed by atoms with Gasteiger partial charge in [0.15, 0.2) is 0 Å². The van der Waals surface area contributed by atoms with E-state index in [1.165, 1.54) is 64.2 Å². The first-order chi connectivity index (χ1) is 17.2. The molecular weight excluding hydrogens is 456 g/mol. The summed E-state index contributed by atoms with van der Waals surface area (Å²) < 4.78 is 10.7. The first kappa shape index (κ1) is 30.5. The molecule has 0 aromatic carbocycles. The highest BCUT2D eigenvalue weighted by Crippen LogP contribution is 2.58. The second-order valence-electron chi connectivity index (χ2n) is 12.2. The van der Waals surface area contributed by atoms with Crippen LogP contribution in [0.1, 0.15) is 118 Å². The van der Waals surface area contributed by atoms with Crippen LogP contribution in [0.2, 0.25) is 0 Å². The first-order valence-corrected chi connectivity index (χ1v) is 14.4. The maximum absolute atomic E-state index is 12.0. The Morgan fingerprint density at radius 1 is 0.528 bits per heavy atom. The number of rotatable bonds is 21. The van der Waals surface area contributed by atoms with E-state index in [1.54, 1.807) is 0 Å². The van der Waals surface area contributed by atoms with Gasteiger partial charge in [-0.25, -0.2) is 0 Å². The molecule has 0 heterocycles. The molecule has 2 rings (SSSR count). The summed E-state index contributed by atoms with van der Waals surface area (Å²) in [5.41, 5.74) is -0.456. The van der Waals surface area contributed by atoms with Crippen LogP contribution in [0, 0.1) is 34.5 Å². The first-order valence-electron chi connectivity index (χ1n) is 14.4. The van der Waals surface area contributed by atoms with Crippen LogP contribution in [0.3, 0.4) is 0 Å². The Balaban J connectivity index is 1.27. The summed E-state index contributed by atoms with van der Waals surface area (Å²) in [5, 5.41) is 0. The maximum Gasteiger partial charge on any atom is 0.310 e. The zero-order valence-corrected chi connectivity index (χ0v) is 23.2. The molecule has 4 atom stereocenters. The molecule has 2 aliphatic carbocycles. The van der Waals surface area contributed by atoms with Crippen LogP contribution in [0.4, 0.5) is 0 Å². The van der Waals surface area contributed by atoms with E-state index in [0.717, 1.165) is 38.3 Å². The molecule has 0 aromatic heterocycles. The Bertz CT molecular complexity index is 652. The van der Waals surface area contributed by atoms with Crippen molar-refractivity contribution in [1.82, 2.24) is 0 Å². The molecule has 206 valence electrons. The number of unbranched alkanes of at least 4 members (excludes halogenated alkanes) is 13. The van der Waals surface area contributed by atoms with Crippen molar-refractivity contribution in [2.45, 2.75) is 118 Å². The zero-order chi connectivity index (χ0) is 26.6. The van der Waals surface area contributed by atoms with E-state index in [2.05, 4.69) is 0 Å². The maximum atomic E-state index is 12.0. The summed E-state index contributed by atoms with van der Waals surface area (Å²) in [6, 6.07) is 0. The van der Waals surface area contributed by atoms with Gasteiger partial charge in [-0.05, 0) is 23.7 Å². The molecule has 2 fully saturated rings. The average molecular weight is 507 g/mol. The van der Waals surface area contributed by atoms with Crippen molar-refractivity contribution in [3.05, 3.63) is 0 Å². The predicted octanol–water partition coefficient (Wildman–Crippen LogP) is 6.48. The van der Waals surface area contributed by atoms with Crippen molar-refractivity contribution in [1.29, 1.82) is 0 Å². The lowest BCUT2D eigenvalue weighted by molar-refractivity contribution is -0.147. The molecule has 2 aliphatic rings. The van der Waals surface area contributed by atoms with Gasteiger partial charge in [0.25, 0.3) is 0 Å². The highest BCUT2D eigenvalue weighted by Gasteiger charge is 2.63. The SMILES string of the molecule is CC1(C)[C@H](C(=O)OCCCCCCCCCCCCCCCCOC(=O)[C@@H]2[C@H](C=O)C2(C)C)[C@@H]1C=O. The van der Waals surface area contributed by atoms with Crippen LogP contribution in [0.15, 0.2) is 0 Å². The third-order valence-electron chi connectivity index (χ3n) is 8.65. The average Bonchev–Trinajstić information content (AvgIpc) is 3.63. The van der Waals surface area contributed by atoms with Crippen molar-refractivity contribution < 1.29 is 28.7 Å². The minimum absolute atomic E-state index is 0.173. The van der Waals surface area contributed by atoms with E-state index in [1.807, 2.05) is 27.7 Å². The normalized spacial score (nSPS) is 25.1. The van der Waals surface area contributed by atoms with Crippen molar-refractivity contribution in [3.63, 3.8) is 0 Å². The van der Waals surface area contributed by atoms with Crippen LogP contribution in [-0.2, 0) is 28.7 Å². The molecule has 0 N–H and O–H groups in total. The van der Waals surface area contributed by atoms with Crippen LogP contribution < -0.4 is 0 Å². The van der Waals surface area contributed by atoms with E-state index >= 15 is 0 Å². The minimum atomic E-state index is -0.245. The molecule has 0 bridgehead atoms. The van der Waals surface area contributed by atoms with E-state index in [-0.39, 0.29) is 46.4 Å². The summed E-state index contributed by atoms with van der Waals surface area (Å²) in [4.78, 5) is 46.0. The summed E-state index contributed by atoms with van der Waals surface area (Å²) >= 11 is 0. The molecule has 0 saturated heterocycles. The molecule has 2 saturated carbocycles. The van der Waals surface area contributed by atoms with Crippen LogP contribution in [-0.4, -0.2) is 37.7 Å². The van der Waals surface area contributed by atoms with Gasteiger partial charge in [-0.3, -0.25) is 9.59 Å². The summed E-state index contributed by atoms with van der Waals surface area (Å²) in [5.74, 6) is -1.24. The fourth-order valence-corrected chi connectivity index (χ4v) is 5.61. The molecule has 0 aliphatic heterocycles. The van der Waals surface area contributed by atoms with Gasteiger partial charge in [-0.2, -0.15) is 0 Å². The van der Waals surface area contributed by atoms with Gasteiger partial charge in [0.05, 0.1) is 25.0 Å². The summed E-state index contributed by atoms with van der Waals surface area (Å²) in [6.07, 6.45) is 18.4. The quantitative estimate of drug-likeness (QED) is 0.101. The van der Waals surface area contributed by atoms with Gasteiger partial charge >= 0.3 is 11.9 Å². The topological polar surface area (TPSA) is 86.7 Å². The highest BCUT2D eigenvalue weighted by molar-refractivity contribution is 5.84. The minimum Gasteiger partial charge on any atom is -0.465 e. The molecule has 0 radical (unpaired) electrons. The fraction of sp³-hybridized carbons (Fsp3) is 0.867. The molecule has 0 aromatic rings. The van der Waals surface area contributed by atoms with E-state index in [4.69, 9.17) is 9.47 Å². The van der Waals surface area contributed by atoms with Gasteiger partial charge in [-0.1, -0.05) is 105 Å². The second-order valence-corrected chi connectivity index (χ2v) is 12.2. The number of hydrogen-bond donors (Lipinski definition) is 0. The predicted molar refractivity (Wildman–Crippen MR) is 140 cm³/mol. The van der Waals surface area contributed by atoms with Gasteiger partial charge < -0.3 is 19.1 Å². The molecule has 0 amide bonds. The Kier molecular flexibility index (Phi) is 12.6. The molecule has 0 unspecified atom stereocenters. The number of ether oxygens (including phenoxy) is 2. The standard InChI is InChI=1S/C30H50O6/c1-29(2)23(21-31)25(29)27(33)35-19-17-15-13-11-9-7-5-6-8-10-12-14-16-18-20-36-28(34)26-24(22-32)30(26,3)4/h21-26H,5-20H2,1-4H3/t23-,24-,25-,26-/m0/s1. The van der Waals surface area contributed by atoms with Crippen molar-refractivity contribution >= 4 is 24.5 Å². The van der Waals surface area contributed by atoms with E-state index < -0.39 is 0 Å². The zero-order valence-electron chi connectivity index (χ0n) is 23.2. The smallest absolute Gasteiger partial charge is 0.310 e. The van der Waals surface area contributed by atoms with Crippen molar-refractivity contribution in [2.75, 3.05) is 13.2 Å². The lowest BCUT2D eigenvalue weighted by Crippen LogP contribution is -2.11. The summed E-state index contributed by atoms with van der Waals surface area (Å²) in [6.45, 7) is 8.75. The lowest BCUT2D eigenvalue weighted by atomic mass is 10.0. The van der Waals surface area contributed by atoms with E-state index in [0.29, 0.717) is 13.2 Å². The van der Waals surface area contributed by atoms with Crippen LogP contribution >= 0.6 is 0 Å². The van der Waals surface area contributed by atoms with Crippen LogP contribution in [0.25, 0.3) is 0 Å². The Labute approximate surface area is 218 Å². The molecule has 6 nitrogen and oxygen atoms in total. The number of carbonyl (C=O) groups excluding carboxylic acids is 4. The van der Waals surface area contributed by atoms with Crippen molar-refractivity contribution in [3.8, 4) is 0 Å². The second kappa shape index (κ2) is 14.9. The largest absolute Gasteiger partial charge is 0.465 e. The van der Waals surface area contributed by atoms with Crippen molar-refractivity contribution in [2.24, 2.45) is 34.5 Å². The molecular formula is C30H50O6. The monoisotopic (exact) mass is 506 g/mol. The number of aldehydes is 2. The third-order valence-corrected chi connectivity index (χ3v) is 8.65. The van der Waals surface area contributed by atoms with Crippen LogP contribution in [0.5, 0.6) is 0 Å².